The van der Waals surface area contributed by atoms with Crippen LogP contribution in [0.4, 0.5) is 0 Å². The second-order valence-corrected chi connectivity index (χ2v) is 4.72. The third-order valence-corrected chi connectivity index (χ3v) is 4.03. The van der Waals surface area contributed by atoms with E-state index in [1.807, 2.05) is 18.2 Å². The predicted octanol–water partition coefficient (Wildman–Crippen LogP) is 4.67. The first kappa shape index (κ1) is 9.43. The van der Waals surface area contributed by atoms with Crippen molar-refractivity contribution < 1.29 is 0 Å². The Hall–Kier alpha value is -1.80. The van der Waals surface area contributed by atoms with Crippen LogP contribution in [0.3, 0.4) is 0 Å². The first-order valence-corrected chi connectivity index (χ1v) is 5.95. The van der Waals surface area contributed by atoms with Crippen LogP contribution in [-0.2, 0) is 0 Å². The highest BCUT2D eigenvalue weighted by Crippen LogP contribution is 2.37. The largest absolute Gasteiger partial charge is 0.353 e. The van der Waals surface area contributed by atoms with E-state index in [1.165, 1.54) is 26.0 Å². The normalized spacial score (nSPS) is 11.0. The van der Waals surface area contributed by atoms with Crippen molar-refractivity contribution in [1.82, 2.24) is 4.98 Å². The number of H-pyrrole nitrogens is 1. The van der Waals surface area contributed by atoms with Gasteiger partial charge < -0.3 is 4.98 Å². The number of fused-ring (bicyclic) bond motifs is 3. The van der Waals surface area contributed by atoms with Crippen molar-refractivity contribution in [3.63, 3.8) is 0 Å². The highest BCUT2D eigenvalue weighted by Gasteiger charge is 2.12. The summed E-state index contributed by atoms with van der Waals surface area (Å²) in [7, 11) is 0. The van der Waals surface area contributed by atoms with Crippen molar-refractivity contribution >= 4 is 44.6 Å². The molecule has 0 amide bonds. The monoisotopic (exact) mass is 225 g/mol. The summed E-state index contributed by atoms with van der Waals surface area (Å²) in [5.74, 6) is 0. The van der Waals surface area contributed by atoms with E-state index in [-0.39, 0.29) is 0 Å². The van der Waals surface area contributed by atoms with Gasteiger partial charge in [0.1, 0.15) is 0 Å². The average Bonchev–Trinajstić information content (AvgIpc) is 2.83. The molecule has 3 aromatic rings. The van der Waals surface area contributed by atoms with E-state index in [0.717, 1.165) is 5.56 Å². The molecule has 0 spiro atoms. The fourth-order valence-electron chi connectivity index (χ4n) is 2.05. The number of benzene rings is 1. The van der Waals surface area contributed by atoms with Gasteiger partial charge in [0.15, 0.2) is 0 Å². The Morgan fingerprint density at radius 1 is 1.12 bits per heavy atom. The molecule has 1 N–H and O–H groups in total. The number of aromatic amines is 1. The number of rotatable bonds is 2. The van der Waals surface area contributed by atoms with E-state index < -0.39 is 0 Å². The zero-order chi connectivity index (χ0) is 11.1. The molecule has 78 valence electrons. The Kier molecular flexibility index (Phi) is 1.98. The topological polar surface area (TPSA) is 15.8 Å². The first-order valence-electron chi connectivity index (χ1n) is 5.13. The van der Waals surface area contributed by atoms with Gasteiger partial charge in [0.2, 0.25) is 0 Å². The molecule has 2 heteroatoms. The van der Waals surface area contributed by atoms with Crippen molar-refractivity contribution in [3.8, 4) is 0 Å². The minimum absolute atomic E-state index is 1.16. The van der Waals surface area contributed by atoms with E-state index >= 15 is 0 Å². The number of nitrogens with one attached hydrogen (secondary N) is 1. The van der Waals surface area contributed by atoms with E-state index in [4.69, 9.17) is 0 Å². The summed E-state index contributed by atoms with van der Waals surface area (Å²) in [6, 6.07) is 8.35. The molecule has 0 radical (unpaired) electrons. The number of hydrogen-bond donors (Lipinski definition) is 1. The van der Waals surface area contributed by atoms with Crippen LogP contribution in [0.25, 0.3) is 33.3 Å². The van der Waals surface area contributed by atoms with Gasteiger partial charge in [0.05, 0.1) is 10.2 Å². The fraction of sp³-hybridized carbons (Fsp3) is 0. The average molecular weight is 225 g/mol. The first-order chi connectivity index (χ1) is 7.85. The third kappa shape index (κ3) is 1.11. The van der Waals surface area contributed by atoms with Gasteiger partial charge in [-0.05, 0) is 6.07 Å². The zero-order valence-electron chi connectivity index (χ0n) is 8.79. The van der Waals surface area contributed by atoms with E-state index in [1.54, 1.807) is 11.3 Å². The summed E-state index contributed by atoms with van der Waals surface area (Å²) < 4.78 is 1.29. The molecule has 2 aromatic heterocycles. The second-order valence-electron chi connectivity index (χ2n) is 3.66. The summed E-state index contributed by atoms with van der Waals surface area (Å²) in [5.41, 5.74) is 3.52. The Labute approximate surface area is 97.7 Å². The lowest BCUT2D eigenvalue weighted by atomic mass is 10.2. The molecule has 0 aliphatic rings. The smallest absolute Gasteiger partial charge is 0.0654 e. The highest BCUT2D eigenvalue weighted by atomic mass is 32.1. The SMILES string of the molecule is C=Cc1sc2c([nH]c3ccccc32)c1C=C. The van der Waals surface area contributed by atoms with Gasteiger partial charge in [0.25, 0.3) is 0 Å². The van der Waals surface area contributed by atoms with Crippen LogP contribution >= 0.6 is 11.3 Å². The van der Waals surface area contributed by atoms with Gasteiger partial charge in [-0.3, -0.25) is 0 Å². The molecule has 0 unspecified atom stereocenters. The van der Waals surface area contributed by atoms with Crippen LogP contribution in [0.2, 0.25) is 0 Å². The van der Waals surface area contributed by atoms with Crippen LogP contribution in [0.5, 0.6) is 0 Å². The molecular formula is C14H11NS. The van der Waals surface area contributed by atoms with E-state index in [2.05, 4.69) is 36.3 Å². The Bertz CT molecular complexity index is 700. The Morgan fingerprint density at radius 3 is 2.69 bits per heavy atom. The van der Waals surface area contributed by atoms with Crippen molar-refractivity contribution in [2.45, 2.75) is 0 Å². The summed E-state index contributed by atoms with van der Waals surface area (Å²) >= 11 is 1.76. The highest BCUT2D eigenvalue weighted by molar-refractivity contribution is 7.21. The quantitative estimate of drug-likeness (QED) is 0.652. The van der Waals surface area contributed by atoms with Gasteiger partial charge in [-0.25, -0.2) is 0 Å². The molecule has 2 heterocycles. The summed E-state index contributed by atoms with van der Waals surface area (Å²) in [6.45, 7) is 7.71. The number of thiophene rings is 1. The number of para-hydroxylation sites is 1. The van der Waals surface area contributed by atoms with Crippen molar-refractivity contribution in [2.24, 2.45) is 0 Å². The predicted molar refractivity (Wildman–Crippen MR) is 73.9 cm³/mol. The minimum atomic E-state index is 1.16. The van der Waals surface area contributed by atoms with Crippen molar-refractivity contribution in [2.75, 3.05) is 0 Å². The van der Waals surface area contributed by atoms with Crippen LogP contribution in [0, 0.1) is 0 Å². The Balaban J connectivity index is 2.54. The van der Waals surface area contributed by atoms with Crippen molar-refractivity contribution in [3.05, 3.63) is 47.9 Å². The van der Waals surface area contributed by atoms with Crippen LogP contribution in [0.1, 0.15) is 10.4 Å². The number of aromatic nitrogens is 1. The lowest BCUT2D eigenvalue weighted by Gasteiger charge is -1.91. The molecule has 0 saturated heterocycles. The van der Waals surface area contributed by atoms with E-state index in [0.29, 0.717) is 0 Å². The molecular weight excluding hydrogens is 214 g/mol. The maximum Gasteiger partial charge on any atom is 0.0654 e. The molecule has 3 rings (SSSR count). The molecule has 0 fully saturated rings. The summed E-state index contributed by atoms with van der Waals surface area (Å²) in [5, 5.41) is 1.28. The lowest BCUT2D eigenvalue weighted by Crippen LogP contribution is -1.72. The van der Waals surface area contributed by atoms with Crippen LogP contribution in [0.15, 0.2) is 37.4 Å². The molecule has 0 bridgehead atoms. The standard InChI is InChI=1S/C14H11NS/c1-3-9-12(4-2)16-14-10-7-5-6-8-11(10)15-13(9)14/h3-8,15H,1-2H2. The maximum absolute atomic E-state index is 3.87. The van der Waals surface area contributed by atoms with Gasteiger partial charge >= 0.3 is 0 Å². The summed E-state index contributed by atoms with van der Waals surface area (Å²) in [4.78, 5) is 4.63. The third-order valence-electron chi connectivity index (χ3n) is 2.79. The zero-order valence-corrected chi connectivity index (χ0v) is 9.60. The van der Waals surface area contributed by atoms with Gasteiger partial charge in [-0.2, -0.15) is 0 Å². The van der Waals surface area contributed by atoms with Gasteiger partial charge in [-0.1, -0.05) is 43.5 Å². The molecule has 1 nitrogen and oxygen atoms in total. The summed E-state index contributed by atoms with van der Waals surface area (Å²) in [6.07, 6.45) is 3.79. The lowest BCUT2D eigenvalue weighted by molar-refractivity contribution is 1.55. The molecule has 0 saturated carbocycles. The molecule has 0 aliphatic heterocycles. The maximum atomic E-state index is 3.87. The molecule has 0 aliphatic carbocycles. The fourth-order valence-corrected chi connectivity index (χ4v) is 3.20. The Morgan fingerprint density at radius 2 is 1.94 bits per heavy atom. The molecule has 1 aromatic carbocycles. The number of hydrogen-bond acceptors (Lipinski definition) is 1. The van der Waals surface area contributed by atoms with E-state index in [9.17, 15) is 0 Å². The van der Waals surface area contributed by atoms with Crippen LogP contribution in [-0.4, -0.2) is 4.98 Å². The van der Waals surface area contributed by atoms with Crippen molar-refractivity contribution in [1.29, 1.82) is 0 Å². The molecule has 16 heavy (non-hydrogen) atoms. The van der Waals surface area contributed by atoms with Gasteiger partial charge in [0, 0.05) is 21.3 Å². The second kappa shape index (κ2) is 3.35. The minimum Gasteiger partial charge on any atom is -0.353 e. The van der Waals surface area contributed by atoms with Gasteiger partial charge in [-0.15, -0.1) is 11.3 Å². The van der Waals surface area contributed by atoms with Crippen LogP contribution < -0.4 is 0 Å². The molecule has 0 atom stereocenters.